The van der Waals surface area contributed by atoms with Crippen molar-refractivity contribution in [2.45, 2.75) is 32.0 Å². The molecule has 0 bridgehead atoms. The zero-order chi connectivity index (χ0) is 21.3. The van der Waals surface area contributed by atoms with Gasteiger partial charge >= 0.3 is 0 Å². The molecule has 1 saturated carbocycles. The first-order valence-corrected chi connectivity index (χ1v) is 10.3. The Balaban J connectivity index is 1.24. The molecule has 30 heavy (non-hydrogen) atoms. The van der Waals surface area contributed by atoms with Gasteiger partial charge in [-0.15, -0.1) is 0 Å². The number of aromatic nitrogens is 1. The highest BCUT2D eigenvalue weighted by Gasteiger charge is 2.53. The number of halogens is 1. The topological polar surface area (TPSA) is 103 Å². The van der Waals surface area contributed by atoms with Gasteiger partial charge < -0.3 is 30.7 Å². The Labute approximate surface area is 175 Å². The highest BCUT2D eigenvalue weighted by atomic mass is 19.1. The molecule has 160 valence electrons. The van der Waals surface area contributed by atoms with E-state index in [0.717, 1.165) is 49.5 Å². The number of nitrogens with one attached hydrogen (secondary N) is 3. The maximum absolute atomic E-state index is 14.2. The minimum atomic E-state index is -0.293. The molecule has 5 N–H and O–H groups in total. The Hall–Kier alpha value is -2.71. The van der Waals surface area contributed by atoms with E-state index in [2.05, 4.69) is 10.2 Å². The first-order valence-electron chi connectivity index (χ1n) is 10.3. The third-order valence-electron chi connectivity index (χ3n) is 6.28. The average molecular weight is 413 g/mol. The van der Waals surface area contributed by atoms with Gasteiger partial charge in [-0.1, -0.05) is 0 Å². The zero-order valence-electron chi connectivity index (χ0n) is 17.2. The Kier molecular flexibility index (Phi) is 5.62. The van der Waals surface area contributed by atoms with E-state index in [0.29, 0.717) is 17.4 Å². The largest absolute Gasteiger partial charge is 0.490 e. The molecule has 0 unspecified atom stereocenters. The first-order chi connectivity index (χ1) is 14.4. The van der Waals surface area contributed by atoms with Crippen LogP contribution in [-0.2, 0) is 13.1 Å². The Morgan fingerprint density at radius 2 is 2.10 bits per heavy atom. The van der Waals surface area contributed by atoms with Gasteiger partial charge in [0.2, 0.25) is 0 Å². The molecule has 1 saturated heterocycles. The predicted molar refractivity (Wildman–Crippen MR) is 115 cm³/mol. The van der Waals surface area contributed by atoms with Crippen LogP contribution in [0.15, 0.2) is 30.5 Å². The van der Waals surface area contributed by atoms with Crippen LogP contribution in [0.25, 0.3) is 0 Å². The molecule has 2 aliphatic rings. The van der Waals surface area contributed by atoms with Crippen LogP contribution in [0.5, 0.6) is 5.75 Å². The summed E-state index contributed by atoms with van der Waals surface area (Å²) >= 11 is 0. The highest BCUT2D eigenvalue weighted by Crippen LogP contribution is 2.49. The normalized spacial score (nSPS) is 18.0. The standard InChI is InChI=1S/C22H29FN6O/c1-27-20-7-17(3-2-16(20)10-24)30-18-8-22(9-18)12-28(13-22)5-4-15-6-21(26)29(14-25)11-19(15)23/h2-3,6-7,10-11,18,24,26-27H,4-5,8-9,12-14,25H2,1H3. The monoisotopic (exact) mass is 412 g/mol. The van der Waals surface area contributed by atoms with Crippen LogP contribution in [0.1, 0.15) is 24.0 Å². The highest BCUT2D eigenvalue weighted by molar-refractivity contribution is 5.86. The van der Waals surface area contributed by atoms with Gasteiger partial charge in [-0.3, -0.25) is 5.41 Å². The van der Waals surface area contributed by atoms with Gasteiger partial charge in [-0.25, -0.2) is 4.39 Å². The number of nitrogens with two attached hydrogens (primary N) is 1. The number of likely N-dealkylation sites (tertiary alicyclic amines) is 1. The number of pyridine rings is 1. The number of anilines is 1. The lowest BCUT2D eigenvalue weighted by Crippen LogP contribution is -2.64. The predicted octanol–water partition coefficient (Wildman–Crippen LogP) is 2.15. The average Bonchev–Trinajstić information content (AvgIpc) is 2.69. The Bertz CT molecular complexity index is 990. The van der Waals surface area contributed by atoms with Gasteiger partial charge in [0.15, 0.2) is 0 Å². The van der Waals surface area contributed by atoms with Crippen LogP contribution < -0.4 is 21.3 Å². The summed E-state index contributed by atoms with van der Waals surface area (Å²) in [4.78, 5) is 2.35. The van der Waals surface area contributed by atoms with E-state index < -0.39 is 0 Å². The summed E-state index contributed by atoms with van der Waals surface area (Å²) in [6.07, 6.45) is 5.56. The van der Waals surface area contributed by atoms with E-state index >= 15 is 0 Å². The number of hydrogen-bond donors (Lipinski definition) is 4. The van der Waals surface area contributed by atoms with Crippen molar-refractivity contribution >= 4 is 11.9 Å². The van der Waals surface area contributed by atoms with Crippen molar-refractivity contribution in [2.24, 2.45) is 11.1 Å². The van der Waals surface area contributed by atoms with Crippen molar-refractivity contribution in [3.05, 3.63) is 52.9 Å². The molecule has 1 spiro atoms. The summed E-state index contributed by atoms with van der Waals surface area (Å²) in [5, 5.41) is 18.4. The molecule has 0 amide bonds. The first kappa shape index (κ1) is 20.6. The molecule has 4 rings (SSSR count). The molecule has 1 aliphatic carbocycles. The van der Waals surface area contributed by atoms with E-state index in [1.165, 1.54) is 17.0 Å². The van der Waals surface area contributed by atoms with Crippen LogP contribution in [0.3, 0.4) is 0 Å². The molecule has 8 heteroatoms. The van der Waals surface area contributed by atoms with Crippen LogP contribution in [0.4, 0.5) is 10.1 Å². The summed E-state index contributed by atoms with van der Waals surface area (Å²) in [7, 11) is 1.84. The lowest BCUT2D eigenvalue weighted by molar-refractivity contribution is -0.118. The van der Waals surface area contributed by atoms with Gasteiger partial charge in [0, 0.05) is 61.8 Å². The summed E-state index contributed by atoms with van der Waals surface area (Å²) in [6, 6.07) is 7.34. The van der Waals surface area contributed by atoms with Crippen molar-refractivity contribution in [3.8, 4) is 5.75 Å². The number of nitrogens with zero attached hydrogens (tertiary/aromatic N) is 2. The summed E-state index contributed by atoms with van der Waals surface area (Å²) in [6.45, 7) is 2.95. The summed E-state index contributed by atoms with van der Waals surface area (Å²) in [5.74, 6) is 0.542. The smallest absolute Gasteiger partial charge is 0.142 e. The molecule has 2 fully saturated rings. The minimum absolute atomic E-state index is 0.108. The quantitative estimate of drug-likeness (QED) is 0.499. The number of hydrogen-bond acceptors (Lipinski definition) is 6. The molecule has 1 aliphatic heterocycles. The Morgan fingerprint density at radius 3 is 2.77 bits per heavy atom. The molecular weight excluding hydrogens is 383 g/mol. The fourth-order valence-electron chi connectivity index (χ4n) is 4.68. The fourth-order valence-corrected chi connectivity index (χ4v) is 4.68. The Morgan fingerprint density at radius 1 is 1.33 bits per heavy atom. The van der Waals surface area contributed by atoms with E-state index in [-0.39, 0.29) is 24.1 Å². The van der Waals surface area contributed by atoms with Crippen molar-refractivity contribution < 1.29 is 9.13 Å². The van der Waals surface area contributed by atoms with Gasteiger partial charge in [0.25, 0.3) is 0 Å². The lowest BCUT2D eigenvalue weighted by Gasteiger charge is -2.58. The lowest BCUT2D eigenvalue weighted by atomic mass is 9.61. The maximum atomic E-state index is 14.2. The molecular formula is C22H29FN6O. The molecule has 1 aromatic carbocycles. The second-order valence-corrected chi connectivity index (χ2v) is 8.44. The second kappa shape index (κ2) is 8.20. The second-order valence-electron chi connectivity index (χ2n) is 8.44. The third-order valence-corrected chi connectivity index (χ3v) is 6.28. The number of ether oxygens (including phenoxy) is 1. The molecule has 1 aromatic heterocycles. The fraction of sp³-hybridized carbons (Fsp3) is 0.455. The number of benzene rings is 1. The molecule has 0 radical (unpaired) electrons. The van der Waals surface area contributed by atoms with Crippen molar-refractivity contribution in [3.63, 3.8) is 0 Å². The van der Waals surface area contributed by atoms with Crippen molar-refractivity contribution in [1.29, 1.82) is 10.8 Å². The third kappa shape index (κ3) is 3.97. The molecule has 2 heterocycles. The van der Waals surface area contributed by atoms with Crippen LogP contribution in [-0.4, -0.2) is 48.5 Å². The van der Waals surface area contributed by atoms with Crippen molar-refractivity contribution in [1.82, 2.24) is 9.47 Å². The molecule has 2 aromatic rings. The van der Waals surface area contributed by atoms with Gasteiger partial charge in [-0.2, -0.15) is 0 Å². The van der Waals surface area contributed by atoms with Crippen LogP contribution in [0, 0.1) is 22.1 Å². The zero-order valence-corrected chi connectivity index (χ0v) is 17.2. The van der Waals surface area contributed by atoms with Gasteiger partial charge in [-0.05, 0) is 43.0 Å². The van der Waals surface area contributed by atoms with E-state index in [9.17, 15) is 4.39 Å². The van der Waals surface area contributed by atoms with Gasteiger partial charge in [0.1, 0.15) is 17.1 Å². The SMILES string of the molecule is CNc1cc(OC2CC3(C2)CN(CCc2cc(=N)n(CN)cc2F)C3)ccc1C=N. The van der Waals surface area contributed by atoms with E-state index in [1.54, 1.807) is 6.07 Å². The van der Waals surface area contributed by atoms with Gasteiger partial charge in [0.05, 0.1) is 12.8 Å². The molecule has 7 nitrogen and oxygen atoms in total. The number of rotatable bonds is 8. The summed E-state index contributed by atoms with van der Waals surface area (Å²) in [5.41, 5.74) is 8.40. The molecule has 0 atom stereocenters. The van der Waals surface area contributed by atoms with Crippen LogP contribution in [0.2, 0.25) is 0 Å². The summed E-state index contributed by atoms with van der Waals surface area (Å²) < 4.78 is 21.7. The van der Waals surface area contributed by atoms with Crippen molar-refractivity contribution in [2.75, 3.05) is 32.0 Å². The van der Waals surface area contributed by atoms with Crippen LogP contribution >= 0.6 is 0 Å². The van der Waals surface area contributed by atoms with E-state index in [4.69, 9.17) is 21.3 Å². The van der Waals surface area contributed by atoms with E-state index in [1.807, 2.05) is 25.2 Å². The maximum Gasteiger partial charge on any atom is 0.142 e. The minimum Gasteiger partial charge on any atom is -0.490 e.